The molecule has 0 spiro atoms. The summed E-state index contributed by atoms with van der Waals surface area (Å²) >= 11 is 6.00. The van der Waals surface area contributed by atoms with Gasteiger partial charge in [-0.2, -0.15) is 5.10 Å². The molecule has 0 saturated heterocycles. The molecule has 0 bridgehead atoms. The second kappa shape index (κ2) is 10.2. The maximum atomic E-state index is 13.0. The van der Waals surface area contributed by atoms with E-state index in [9.17, 15) is 9.59 Å². The number of aromatic nitrogens is 1. The van der Waals surface area contributed by atoms with E-state index < -0.39 is 17.9 Å². The third-order valence-corrected chi connectivity index (χ3v) is 6.33. The Hall–Kier alpha value is -3.84. The number of nitrogens with one attached hydrogen (secondary N) is 1. The molecule has 0 radical (unpaired) electrons. The number of rotatable bonds is 8. The van der Waals surface area contributed by atoms with Crippen molar-refractivity contribution in [1.29, 1.82) is 0 Å². The summed E-state index contributed by atoms with van der Waals surface area (Å²) < 4.78 is 10.8. The van der Waals surface area contributed by atoms with E-state index in [2.05, 4.69) is 16.2 Å². The number of nitrogens with zero attached hydrogens (tertiary/aromatic N) is 2. The summed E-state index contributed by atoms with van der Waals surface area (Å²) in [5, 5.41) is 7.66. The lowest BCUT2D eigenvalue weighted by molar-refractivity contribution is -0.153. The highest BCUT2D eigenvalue weighted by Crippen LogP contribution is 2.33. The number of furan rings is 1. The van der Waals surface area contributed by atoms with Crippen LogP contribution in [0.5, 0.6) is 0 Å². The molecule has 2 aromatic heterocycles. The number of carbonyl (C=O) groups is 2. The standard InChI is InChI=1S/C27H24ClN3O4/c28-20-12-10-18(11-13-20)23-15-24(25-8-4-14-34-25)31(30-23)26(32)17-35-27(33)9-3-5-19-16-29-22-7-2-1-6-21(19)22/h1-2,4,6-8,10-14,16,24,29H,3,5,9,15,17H2. The van der Waals surface area contributed by atoms with Gasteiger partial charge in [-0.25, -0.2) is 5.01 Å². The Bertz CT molecular complexity index is 1360. The van der Waals surface area contributed by atoms with E-state index in [0.717, 1.165) is 34.2 Å². The van der Waals surface area contributed by atoms with Crippen molar-refractivity contribution in [1.82, 2.24) is 9.99 Å². The molecule has 2 aromatic carbocycles. The van der Waals surface area contributed by atoms with Gasteiger partial charge in [0.15, 0.2) is 6.61 Å². The van der Waals surface area contributed by atoms with Crippen LogP contribution in [0.2, 0.25) is 5.02 Å². The fourth-order valence-corrected chi connectivity index (χ4v) is 4.43. The van der Waals surface area contributed by atoms with Crippen molar-refractivity contribution in [3.05, 3.63) is 95.0 Å². The predicted octanol–water partition coefficient (Wildman–Crippen LogP) is 5.66. The summed E-state index contributed by atoms with van der Waals surface area (Å²) in [6, 6.07) is 18.5. The van der Waals surface area contributed by atoms with Crippen molar-refractivity contribution in [3.63, 3.8) is 0 Å². The lowest BCUT2D eigenvalue weighted by atomic mass is 10.0. The van der Waals surface area contributed by atoms with Crippen LogP contribution in [-0.2, 0) is 20.7 Å². The Balaban J connectivity index is 1.18. The molecule has 1 aliphatic rings. The summed E-state index contributed by atoms with van der Waals surface area (Å²) in [5.41, 5.74) is 3.84. The average Bonchev–Trinajstić information content (AvgIpc) is 3.63. The first-order valence-electron chi connectivity index (χ1n) is 11.5. The Morgan fingerprint density at radius 1 is 1.11 bits per heavy atom. The molecule has 1 unspecified atom stereocenters. The van der Waals surface area contributed by atoms with Gasteiger partial charge in [0.05, 0.1) is 12.0 Å². The van der Waals surface area contributed by atoms with Gasteiger partial charge >= 0.3 is 5.97 Å². The third-order valence-electron chi connectivity index (χ3n) is 6.07. The minimum absolute atomic E-state index is 0.230. The molecule has 7 nitrogen and oxygen atoms in total. The smallest absolute Gasteiger partial charge is 0.306 e. The number of hydrogen-bond donors (Lipinski definition) is 1. The number of fused-ring (bicyclic) bond motifs is 1. The van der Waals surface area contributed by atoms with Gasteiger partial charge in [-0.1, -0.05) is 41.9 Å². The Kier molecular flexibility index (Phi) is 6.68. The van der Waals surface area contributed by atoms with E-state index in [4.69, 9.17) is 20.8 Å². The summed E-state index contributed by atoms with van der Waals surface area (Å²) in [7, 11) is 0. The zero-order valence-corrected chi connectivity index (χ0v) is 19.7. The third kappa shape index (κ3) is 5.15. The van der Waals surface area contributed by atoms with Crippen LogP contribution >= 0.6 is 11.6 Å². The predicted molar refractivity (Wildman–Crippen MR) is 133 cm³/mol. The van der Waals surface area contributed by atoms with Crippen LogP contribution < -0.4 is 0 Å². The van der Waals surface area contributed by atoms with Gasteiger partial charge in [0.1, 0.15) is 11.8 Å². The number of amides is 1. The quantitative estimate of drug-likeness (QED) is 0.323. The first-order valence-corrected chi connectivity index (χ1v) is 11.9. The fraction of sp³-hybridized carbons (Fsp3) is 0.222. The normalized spacial score (nSPS) is 15.4. The molecule has 3 heterocycles. The van der Waals surface area contributed by atoms with E-state index in [1.807, 2.05) is 42.6 Å². The lowest BCUT2D eigenvalue weighted by Gasteiger charge is -2.19. The Morgan fingerprint density at radius 2 is 1.94 bits per heavy atom. The van der Waals surface area contributed by atoms with Crippen LogP contribution in [0, 0.1) is 0 Å². The van der Waals surface area contributed by atoms with E-state index >= 15 is 0 Å². The molecule has 1 atom stereocenters. The van der Waals surface area contributed by atoms with E-state index in [-0.39, 0.29) is 13.0 Å². The van der Waals surface area contributed by atoms with Crippen LogP contribution in [0.15, 0.2) is 82.6 Å². The van der Waals surface area contributed by atoms with Crippen LogP contribution in [0.25, 0.3) is 10.9 Å². The van der Waals surface area contributed by atoms with Crippen LogP contribution in [-0.4, -0.2) is 34.2 Å². The minimum atomic E-state index is -0.408. The number of aromatic amines is 1. The second-order valence-corrected chi connectivity index (χ2v) is 8.84. The summed E-state index contributed by atoms with van der Waals surface area (Å²) in [5.74, 6) is -0.190. The minimum Gasteiger partial charge on any atom is -0.467 e. The first kappa shape index (κ1) is 22.9. The molecule has 4 aromatic rings. The number of aryl methyl sites for hydroxylation is 1. The van der Waals surface area contributed by atoms with Gasteiger partial charge < -0.3 is 14.1 Å². The van der Waals surface area contributed by atoms with Crippen molar-refractivity contribution in [2.75, 3.05) is 6.61 Å². The number of para-hydroxylation sites is 1. The molecule has 0 fully saturated rings. The molecule has 1 N–H and O–H groups in total. The largest absolute Gasteiger partial charge is 0.467 e. The van der Waals surface area contributed by atoms with Crippen LogP contribution in [0.3, 0.4) is 0 Å². The van der Waals surface area contributed by atoms with Crippen molar-refractivity contribution in [2.45, 2.75) is 31.7 Å². The number of carbonyl (C=O) groups excluding carboxylic acids is 2. The van der Waals surface area contributed by atoms with Crippen molar-refractivity contribution >= 4 is 40.1 Å². The molecular weight excluding hydrogens is 466 g/mol. The van der Waals surface area contributed by atoms with Gasteiger partial charge in [-0.15, -0.1) is 0 Å². The fourth-order valence-electron chi connectivity index (χ4n) is 4.30. The molecule has 0 saturated carbocycles. The number of hydrazone groups is 1. The Morgan fingerprint density at radius 3 is 2.74 bits per heavy atom. The molecule has 178 valence electrons. The van der Waals surface area contributed by atoms with Crippen molar-refractivity contribution < 1.29 is 18.7 Å². The second-order valence-electron chi connectivity index (χ2n) is 8.40. The first-order chi connectivity index (χ1) is 17.1. The Labute approximate surface area is 207 Å². The number of hydrogen-bond acceptors (Lipinski definition) is 5. The molecule has 35 heavy (non-hydrogen) atoms. The number of ether oxygens (including phenoxy) is 1. The van der Waals surface area contributed by atoms with Crippen molar-refractivity contribution in [2.24, 2.45) is 5.10 Å². The zero-order chi connectivity index (χ0) is 24.2. The molecule has 1 amide bonds. The number of esters is 1. The van der Waals surface area contributed by atoms with Gasteiger partial charge in [0.25, 0.3) is 5.91 Å². The summed E-state index contributed by atoms with van der Waals surface area (Å²) in [6.45, 7) is -0.374. The van der Waals surface area contributed by atoms with Gasteiger partial charge in [-0.05, 0) is 54.3 Å². The maximum absolute atomic E-state index is 13.0. The summed E-state index contributed by atoms with van der Waals surface area (Å²) in [4.78, 5) is 28.5. The molecule has 1 aliphatic heterocycles. The van der Waals surface area contributed by atoms with Gasteiger partial charge in [0, 0.05) is 35.0 Å². The van der Waals surface area contributed by atoms with E-state index in [1.165, 1.54) is 5.01 Å². The van der Waals surface area contributed by atoms with Crippen molar-refractivity contribution in [3.8, 4) is 0 Å². The highest BCUT2D eigenvalue weighted by Gasteiger charge is 2.35. The molecular formula is C27H24ClN3O4. The van der Waals surface area contributed by atoms with Gasteiger partial charge in [0.2, 0.25) is 0 Å². The summed E-state index contributed by atoms with van der Waals surface area (Å²) in [6.07, 6.45) is 5.62. The monoisotopic (exact) mass is 489 g/mol. The lowest BCUT2D eigenvalue weighted by Crippen LogP contribution is -2.31. The zero-order valence-electron chi connectivity index (χ0n) is 18.9. The SMILES string of the molecule is O=C(CCCc1c[nH]c2ccccc12)OCC(=O)N1N=C(c2ccc(Cl)cc2)CC1c1ccco1. The number of halogens is 1. The number of benzene rings is 2. The maximum Gasteiger partial charge on any atom is 0.306 e. The molecule has 8 heteroatoms. The molecule has 5 rings (SSSR count). The van der Waals surface area contributed by atoms with E-state index in [1.54, 1.807) is 24.5 Å². The average molecular weight is 490 g/mol. The van der Waals surface area contributed by atoms with Gasteiger partial charge in [-0.3, -0.25) is 9.59 Å². The van der Waals surface area contributed by atoms with Crippen LogP contribution in [0.1, 0.15) is 42.2 Å². The highest BCUT2D eigenvalue weighted by molar-refractivity contribution is 6.30. The highest BCUT2D eigenvalue weighted by atomic mass is 35.5. The molecule has 0 aliphatic carbocycles. The van der Waals surface area contributed by atoms with Crippen LogP contribution in [0.4, 0.5) is 0 Å². The van der Waals surface area contributed by atoms with E-state index in [0.29, 0.717) is 23.6 Å². The number of H-pyrrole nitrogens is 1. The topological polar surface area (TPSA) is 87.9 Å².